The van der Waals surface area contributed by atoms with Gasteiger partial charge in [-0.2, -0.15) is 0 Å². The molecule has 0 amide bonds. The summed E-state index contributed by atoms with van der Waals surface area (Å²) in [4.78, 5) is 18.7. The number of nitrogens with zero attached hydrogens (tertiary/aromatic N) is 3. The minimum absolute atomic E-state index is 0.324. The molecule has 0 bridgehead atoms. The van der Waals surface area contributed by atoms with Crippen molar-refractivity contribution in [3.8, 4) is 11.1 Å². The second kappa shape index (κ2) is 9.57. The van der Waals surface area contributed by atoms with Gasteiger partial charge in [0.2, 0.25) is 0 Å². The van der Waals surface area contributed by atoms with E-state index in [1.165, 1.54) is 23.8 Å². The predicted octanol–water partition coefficient (Wildman–Crippen LogP) is 4.37. The molecule has 0 spiro atoms. The number of hydrogen-bond acceptors (Lipinski definition) is 5. The third-order valence-electron chi connectivity index (χ3n) is 6.17. The standard InChI is InChI=1S/C27H27N3O3/c1-32-27(31)23-8-4-21(5-9-23)19-30-13-11-25-24(10-12-28-26(25)30)22-6-2-20(3-7-22)18-29-14-16-33-17-15-29/h2-13H,14-19H2,1H3. The van der Waals surface area contributed by atoms with Crippen LogP contribution in [0.15, 0.2) is 73.1 Å². The molecule has 4 aromatic rings. The fraction of sp³-hybridized carbons (Fsp3) is 0.259. The van der Waals surface area contributed by atoms with Crippen molar-refractivity contribution in [1.82, 2.24) is 14.5 Å². The van der Waals surface area contributed by atoms with Crippen LogP contribution in [0.25, 0.3) is 22.2 Å². The van der Waals surface area contributed by atoms with Crippen molar-refractivity contribution in [2.24, 2.45) is 0 Å². The fourth-order valence-corrected chi connectivity index (χ4v) is 4.34. The van der Waals surface area contributed by atoms with Gasteiger partial charge in [0.25, 0.3) is 0 Å². The van der Waals surface area contributed by atoms with Crippen LogP contribution in [-0.2, 0) is 22.6 Å². The van der Waals surface area contributed by atoms with Crippen molar-refractivity contribution in [1.29, 1.82) is 0 Å². The summed E-state index contributed by atoms with van der Waals surface area (Å²) in [5.74, 6) is -0.324. The minimum Gasteiger partial charge on any atom is -0.465 e. The lowest BCUT2D eigenvalue weighted by molar-refractivity contribution is 0.0342. The van der Waals surface area contributed by atoms with Crippen molar-refractivity contribution < 1.29 is 14.3 Å². The minimum atomic E-state index is -0.324. The van der Waals surface area contributed by atoms with Crippen LogP contribution in [0.1, 0.15) is 21.5 Å². The van der Waals surface area contributed by atoms with Crippen LogP contribution in [0.2, 0.25) is 0 Å². The van der Waals surface area contributed by atoms with E-state index in [1.54, 1.807) is 12.1 Å². The molecular formula is C27H27N3O3. The molecule has 0 N–H and O–H groups in total. The lowest BCUT2D eigenvalue weighted by atomic mass is 10.0. The smallest absolute Gasteiger partial charge is 0.337 e. The largest absolute Gasteiger partial charge is 0.465 e. The molecule has 0 atom stereocenters. The Labute approximate surface area is 193 Å². The van der Waals surface area contributed by atoms with E-state index in [-0.39, 0.29) is 5.97 Å². The molecule has 168 valence electrons. The van der Waals surface area contributed by atoms with Crippen LogP contribution in [-0.4, -0.2) is 53.8 Å². The molecule has 2 aromatic carbocycles. The third-order valence-corrected chi connectivity index (χ3v) is 6.17. The van der Waals surface area contributed by atoms with Crippen LogP contribution in [0.3, 0.4) is 0 Å². The first kappa shape index (κ1) is 21.4. The number of fused-ring (bicyclic) bond motifs is 1. The van der Waals surface area contributed by atoms with Gasteiger partial charge < -0.3 is 14.0 Å². The number of aromatic nitrogens is 2. The third kappa shape index (κ3) is 4.67. The maximum atomic E-state index is 11.7. The highest BCUT2D eigenvalue weighted by Gasteiger charge is 2.12. The quantitative estimate of drug-likeness (QED) is 0.416. The Morgan fingerprint density at radius 3 is 2.36 bits per heavy atom. The molecule has 1 saturated heterocycles. The van der Waals surface area contributed by atoms with Crippen LogP contribution in [0, 0.1) is 0 Å². The first-order valence-electron chi connectivity index (χ1n) is 11.2. The molecule has 6 nitrogen and oxygen atoms in total. The summed E-state index contributed by atoms with van der Waals surface area (Å²) in [6.07, 6.45) is 3.94. The van der Waals surface area contributed by atoms with Gasteiger partial charge in [-0.15, -0.1) is 0 Å². The van der Waals surface area contributed by atoms with Crippen LogP contribution >= 0.6 is 0 Å². The molecule has 0 radical (unpaired) electrons. The van der Waals surface area contributed by atoms with Gasteiger partial charge >= 0.3 is 5.97 Å². The summed E-state index contributed by atoms with van der Waals surface area (Å²) < 4.78 is 12.4. The van der Waals surface area contributed by atoms with Crippen LogP contribution < -0.4 is 0 Å². The van der Waals surface area contributed by atoms with Gasteiger partial charge in [-0.1, -0.05) is 36.4 Å². The number of pyridine rings is 1. The summed E-state index contributed by atoms with van der Waals surface area (Å²) in [5, 5.41) is 1.13. The SMILES string of the molecule is COC(=O)c1ccc(Cn2ccc3c(-c4ccc(CN5CCOCC5)cc4)ccnc32)cc1. The molecule has 1 aliphatic heterocycles. The highest BCUT2D eigenvalue weighted by Crippen LogP contribution is 2.29. The molecule has 5 rings (SSSR count). The van der Waals surface area contributed by atoms with Crippen molar-refractivity contribution in [3.05, 3.63) is 89.7 Å². The number of carbonyl (C=O) groups is 1. The zero-order chi connectivity index (χ0) is 22.6. The maximum absolute atomic E-state index is 11.7. The van der Waals surface area contributed by atoms with E-state index in [4.69, 9.17) is 9.47 Å². The molecule has 2 aromatic heterocycles. The van der Waals surface area contributed by atoms with Crippen LogP contribution in [0.5, 0.6) is 0 Å². The summed E-state index contributed by atoms with van der Waals surface area (Å²) in [6.45, 7) is 5.26. The Morgan fingerprint density at radius 1 is 0.939 bits per heavy atom. The Kier molecular flexibility index (Phi) is 6.19. The normalized spacial score (nSPS) is 14.5. The topological polar surface area (TPSA) is 56.6 Å². The molecule has 0 unspecified atom stereocenters. The summed E-state index contributed by atoms with van der Waals surface area (Å²) >= 11 is 0. The van der Waals surface area contributed by atoms with Crippen molar-refractivity contribution in [2.75, 3.05) is 33.4 Å². The first-order chi connectivity index (χ1) is 16.2. The second-order valence-electron chi connectivity index (χ2n) is 8.31. The van der Waals surface area contributed by atoms with Gasteiger partial charge in [0, 0.05) is 44.0 Å². The zero-order valence-electron chi connectivity index (χ0n) is 18.7. The Bertz CT molecular complexity index is 1240. The van der Waals surface area contributed by atoms with Gasteiger partial charge in [-0.3, -0.25) is 4.90 Å². The lowest BCUT2D eigenvalue weighted by Crippen LogP contribution is -2.35. The van der Waals surface area contributed by atoms with E-state index in [9.17, 15) is 4.79 Å². The average molecular weight is 442 g/mol. The maximum Gasteiger partial charge on any atom is 0.337 e. The van der Waals surface area contributed by atoms with E-state index in [1.807, 2.05) is 18.3 Å². The monoisotopic (exact) mass is 441 g/mol. The summed E-state index contributed by atoms with van der Waals surface area (Å²) in [6, 6.07) is 20.5. The van der Waals surface area contributed by atoms with Crippen molar-refractivity contribution in [2.45, 2.75) is 13.1 Å². The van der Waals surface area contributed by atoms with E-state index < -0.39 is 0 Å². The van der Waals surface area contributed by atoms with E-state index in [2.05, 4.69) is 57.0 Å². The fourth-order valence-electron chi connectivity index (χ4n) is 4.34. The highest BCUT2D eigenvalue weighted by molar-refractivity contribution is 5.93. The Balaban J connectivity index is 1.35. The second-order valence-corrected chi connectivity index (χ2v) is 8.31. The van der Waals surface area contributed by atoms with Gasteiger partial charge in [0.05, 0.1) is 25.9 Å². The number of carbonyl (C=O) groups excluding carboxylic acids is 1. The molecule has 6 heteroatoms. The lowest BCUT2D eigenvalue weighted by Gasteiger charge is -2.26. The average Bonchev–Trinajstić information content (AvgIpc) is 3.28. The summed E-state index contributed by atoms with van der Waals surface area (Å²) in [7, 11) is 1.39. The molecule has 1 aliphatic rings. The number of rotatable bonds is 6. The Morgan fingerprint density at radius 2 is 1.64 bits per heavy atom. The van der Waals surface area contributed by atoms with Gasteiger partial charge in [-0.25, -0.2) is 9.78 Å². The van der Waals surface area contributed by atoms with E-state index in [0.29, 0.717) is 12.1 Å². The number of hydrogen-bond donors (Lipinski definition) is 0. The number of esters is 1. The molecular weight excluding hydrogens is 414 g/mol. The highest BCUT2D eigenvalue weighted by atomic mass is 16.5. The van der Waals surface area contributed by atoms with Gasteiger partial charge in [0.15, 0.2) is 0 Å². The van der Waals surface area contributed by atoms with E-state index in [0.717, 1.165) is 49.4 Å². The zero-order valence-corrected chi connectivity index (χ0v) is 18.7. The first-order valence-corrected chi connectivity index (χ1v) is 11.2. The summed E-state index contributed by atoms with van der Waals surface area (Å²) in [5.41, 5.74) is 6.28. The van der Waals surface area contributed by atoms with Gasteiger partial charge in [0.1, 0.15) is 5.65 Å². The number of ether oxygens (including phenoxy) is 2. The van der Waals surface area contributed by atoms with Crippen LogP contribution in [0.4, 0.5) is 0 Å². The molecule has 0 saturated carbocycles. The molecule has 1 fully saturated rings. The number of benzene rings is 2. The van der Waals surface area contributed by atoms with Crippen molar-refractivity contribution in [3.63, 3.8) is 0 Å². The number of morpholine rings is 1. The number of methoxy groups -OCH3 is 1. The van der Waals surface area contributed by atoms with Crippen molar-refractivity contribution >= 4 is 17.0 Å². The predicted molar refractivity (Wildman–Crippen MR) is 128 cm³/mol. The molecule has 0 aliphatic carbocycles. The Hall–Kier alpha value is -3.48. The molecule has 3 heterocycles. The van der Waals surface area contributed by atoms with Gasteiger partial charge in [-0.05, 0) is 46.5 Å². The molecule has 33 heavy (non-hydrogen) atoms. The van der Waals surface area contributed by atoms with E-state index >= 15 is 0 Å².